The first kappa shape index (κ1) is 23.1. The maximum atomic E-state index is 13.8. The number of aryl methyl sites for hydroxylation is 1. The number of ether oxygens (including phenoxy) is 1. The number of alkyl halides is 3. The fourth-order valence-corrected chi connectivity index (χ4v) is 5.43. The summed E-state index contributed by atoms with van der Waals surface area (Å²) >= 11 is 1.28. The number of hydrogen-bond donors (Lipinski definition) is 1. The van der Waals surface area contributed by atoms with Gasteiger partial charge in [0.15, 0.2) is 22.8 Å². The van der Waals surface area contributed by atoms with Gasteiger partial charge in [0.2, 0.25) is 0 Å². The Hall–Kier alpha value is -3.67. The zero-order chi connectivity index (χ0) is 24.7. The molecule has 0 unspecified atom stereocenters. The first-order chi connectivity index (χ1) is 16.8. The Kier molecular flexibility index (Phi) is 5.83. The van der Waals surface area contributed by atoms with Crippen LogP contribution in [-0.4, -0.2) is 33.6 Å². The second-order valence-electron chi connectivity index (χ2n) is 8.02. The van der Waals surface area contributed by atoms with Crippen LogP contribution in [0.1, 0.15) is 56.2 Å². The second kappa shape index (κ2) is 8.84. The Balaban J connectivity index is 1.54. The lowest BCUT2D eigenvalue weighted by Gasteiger charge is -2.09. The lowest BCUT2D eigenvalue weighted by molar-refractivity contribution is -0.142. The van der Waals surface area contributed by atoms with Crippen LogP contribution < -0.4 is 5.32 Å². The molecule has 1 amide bonds. The summed E-state index contributed by atoms with van der Waals surface area (Å²) in [7, 11) is 1.26. The molecule has 0 radical (unpaired) electrons. The fourth-order valence-electron chi connectivity index (χ4n) is 4.15. The normalized spacial score (nSPS) is 13.9. The molecular weight excluding hydrogens is 485 g/mol. The maximum absolute atomic E-state index is 13.8. The van der Waals surface area contributed by atoms with Gasteiger partial charge in [-0.05, 0) is 49.4 Å². The van der Waals surface area contributed by atoms with Crippen LogP contribution in [0.4, 0.5) is 18.2 Å². The van der Waals surface area contributed by atoms with Crippen molar-refractivity contribution in [2.24, 2.45) is 0 Å². The van der Waals surface area contributed by atoms with Gasteiger partial charge in [0, 0.05) is 10.9 Å². The van der Waals surface area contributed by atoms with Crippen LogP contribution in [0.15, 0.2) is 34.9 Å². The van der Waals surface area contributed by atoms with Crippen molar-refractivity contribution in [1.82, 2.24) is 14.6 Å². The van der Waals surface area contributed by atoms with Crippen molar-refractivity contribution in [1.29, 1.82) is 0 Å². The number of nitrogens with zero attached hydrogens (tertiary/aromatic N) is 3. The average molecular weight is 504 g/mol. The predicted molar refractivity (Wildman–Crippen MR) is 121 cm³/mol. The molecule has 12 heteroatoms. The van der Waals surface area contributed by atoms with Gasteiger partial charge in [-0.3, -0.25) is 4.79 Å². The van der Waals surface area contributed by atoms with Crippen molar-refractivity contribution >= 4 is 33.9 Å². The lowest BCUT2D eigenvalue weighted by Crippen LogP contribution is -2.16. The van der Waals surface area contributed by atoms with Crippen LogP contribution >= 0.6 is 11.3 Å². The lowest BCUT2D eigenvalue weighted by atomic mass is 10.1. The third-order valence-corrected chi connectivity index (χ3v) is 6.97. The highest BCUT2D eigenvalue weighted by molar-refractivity contribution is 7.17. The number of halogens is 3. The highest BCUT2D eigenvalue weighted by Gasteiger charge is 2.36. The van der Waals surface area contributed by atoms with E-state index in [4.69, 9.17) is 9.15 Å². The quantitative estimate of drug-likeness (QED) is 0.296. The molecule has 1 aliphatic carbocycles. The van der Waals surface area contributed by atoms with E-state index in [0.29, 0.717) is 21.5 Å². The van der Waals surface area contributed by atoms with Gasteiger partial charge in [-0.15, -0.1) is 11.3 Å². The highest BCUT2D eigenvalue weighted by atomic mass is 32.1. The number of hydrogen-bond acceptors (Lipinski definition) is 7. The number of thiophene rings is 1. The highest BCUT2D eigenvalue weighted by Crippen LogP contribution is 2.38. The Bertz CT molecular complexity index is 1420. The Morgan fingerprint density at radius 1 is 1.20 bits per heavy atom. The number of fused-ring (bicyclic) bond motifs is 2. The van der Waals surface area contributed by atoms with Gasteiger partial charge < -0.3 is 14.5 Å². The number of rotatable bonds is 4. The Morgan fingerprint density at radius 2 is 2.00 bits per heavy atom. The van der Waals surface area contributed by atoms with E-state index < -0.39 is 23.7 Å². The number of anilines is 1. The third kappa shape index (κ3) is 4.29. The van der Waals surface area contributed by atoms with E-state index in [2.05, 4.69) is 15.4 Å². The number of carbonyl (C=O) groups is 2. The molecule has 8 nitrogen and oxygen atoms in total. The molecule has 1 N–H and O–H groups in total. The van der Waals surface area contributed by atoms with Gasteiger partial charge in [-0.25, -0.2) is 14.3 Å². The minimum Gasteiger partial charge on any atom is -0.465 e. The number of nitrogens with one attached hydrogen (secondary N) is 1. The van der Waals surface area contributed by atoms with Crippen LogP contribution in [0.2, 0.25) is 0 Å². The summed E-state index contributed by atoms with van der Waals surface area (Å²) in [4.78, 5) is 30.7. The molecule has 182 valence electrons. The molecule has 4 aromatic rings. The smallest absolute Gasteiger partial charge is 0.433 e. The van der Waals surface area contributed by atoms with Crippen molar-refractivity contribution in [3.8, 4) is 11.5 Å². The monoisotopic (exact) mass is 504 g/mol. The molecule has 4 aromatic heterocycles. The molecule has 5 rings (SSSR count). The van der Waals surface area contributed by atoms with E-state index >= 15 is 0 Å². The number of esters is 1. The standard InChI is InChI=1S/C23H19F3N4O4S/c1-33-22(32)19-12-6-3-2-4-8-16(12)35-21(19)28-20(31)14-11-18-27-13(15-7-5-9-34-15)10-17(23(24,25)26)30(18)29-14/h5,7,9-11H,2-4,6,8H2,1H3,(H,28,31). The Morgan fingerprint density at radius 3 is 2.71 bits per heavy atom. The van der Waals surface area contributed by atoms with Crippen LogP contribution in [-0.2, 0) is 23.8 Å². The third-order valence-electron chi connectivity index (χ3n) is 5.76. The van der Waals surface area contributed by atoms with Gasteiger partial charge in [-0.1, -0.05) is 6.42 Å². The average Bonchev–Trinajstić information content (AvgIpc) is 3.53. The molecule has 0 fully saturated rings. The van der Waals surface area contributed by atoms with Crippen molar-refractivity contribution in [3.05, 3.63) is 57.9 Å². The van der Waals surface area contributed by atoms with Crippen molar-refractivity contribution in [2.45, 2.75) is 38.3 Å². The molecule has 4 heterocycles. The van der Waals surface area contributed by atoms with Crippen LogP contribution in [0.3, 0.4) is 0 Å². The maximum Gasteiger partial charge on any atom is 0.433 e. The van der Waals surface area contributed by atoms with Crippen LogP contribution in [0, 0.1) is 0 Å². The van der Waals surface area contributed by atoms with Crippen molar-refractivity contribution in [3.63, 3.8) is 0 Å². The van der Waals surface area contributed by atoms with Gasteiger partial charge >= 0.3 is 12.1 Å². The van der Waals surface area contributed by atoms with Crippen molar-refractivity contribution in [2.75, 3.05) is 12.4 Å². The molecule has 0 aliphatic heterocycles. The minimum absolute atomic E-state index is 0.0448. The van der Waals surface area contributed by atoms with E-state index in [1.54, 1.807) is 0 Å². The zero-order valence-corrected chi connectivity index (χ0v) is 19.3. The van der Waals surface area contributed by atoms with Gasteiger partial charge in [0.1, 0.15) is 10.7 Å². The van der Waals surface area contributed by atoms with Gasteiger partial charge in [0.25, 0.3) is 5.91 Å². The second-order valence-corrected chi connectivity index (χ2v) is 9.12. The number of furan rings is 1. The number of aromatic nitrogens is 3. The summed E-state index contributed by atoms with van der Waals surface area (Å²) in [6.45, 7) is 0. The summed E-state index contributed by atoms with van der Waals surface area (Å²) in [5, 5.41) is 6.82. The van der Waals surface area contributed by atoms with E-state index in [-0.39, 0.29) is 22.8 Å². The van der Waals surface area contributed by atoms with Crippen molar-refractivity contribution < 1.29 is 31.9 Å². The summed E-state index contributed by atoms with van der Waals surface area (Å²) in [6, 6.07) is 4.99. The van der Waals surface area contributed by atoms with E-state index in [0.717, 1.165) is 48.3 Å². The summed E-state index contributed by atoms with van der Waals surface area (Å²) in [5.41, 5.74) is -0.456. The largest absolute Gasteiger partial charge is 0.465 e. The molecular formula is C23H19F3N4O4S. The van der Waals surface area contributed by atoms with Crippen LogP contribution in [0.5, 0.6) is 0 Å². The fraction of sp³-hybridized carbons (Fsp3) is 0.304. The molecule has 1 aliphatic rings. The molecule has 0 atom stereocenters. The first-order valence-corrected chi connectivity index (χ1v) is 11.6. The summed E-state index contributed by atoms with van der Waals surface area (Å²) in [6.07, 6.45) is 0.962. The zero-order valence-electron chi connectivity index (χ0n) is 18.4. The number of amides is 1. The summed E-state index contributed by atoms with van der Waals surface area (Å²) < 4.78 is 52.0. The number of methoxy groups -OCH3 is 1. The molecule has 0 spiro atoms. The van der Waals surface area contributed by atoms with Gasteiger partial charge in [-0.2, -0.15) is 18.3 Å². The molecule has 0 bridgehead atoms. The predicted octanol–water partition coefficient (Wildman–Crippen LogP) is 5.38. The molecule has 0 saturated heterocycles. The first-order valence-electron chi connectivity index (χ1n) is 10.8. The van der Waals surface area contributed by atoms with E-state index in [9.17, 15) is 22.8 Å². The molecule has 0 aromatic carbocycles. The van der Waals surface area contributed by atoms with Crippen LogP contribution in [0.25, 0.3) is 17.1 Å². The molecule has 0 saturated carbocycles. The SMILES string of the molecule is COC(=O)c1c(NC(=O)c2cc3nc(-c4ccco4)cc(C(F)(F)F)n3n2)sc2c1CCCCC2. The van der Waals surface area contributed by atoms with Gasteiger partial charge in [0.05, 0.1) is 18.9 Å². The topological polar surface area (TPSA) is 98.7 Å². The minimum atomic E-state index is -4.76. The van der Waals surface area contributed by atoms with E-state index in [1.165, 1.54) is 36.8 Å². The Labute approximate surface area is 200 Å². The molecule has 35 heavy (non-hydrogen) atoms. The van der Waals surface area contributed by atoms with E-state index in [1.807, 2.05) is 0 Å². The summed E-state index contributed by atoms with van der Waals surface area (Å²) in [5.74, 6) is -1.18. The number of carbonyl (C=O) groups excluding carboxylic acids is 2.